The summed E-state index contributed by atoms with van der Waals surface area (Å²) in [6.07, 6.45) is 3.47. The molecular weight excluding hydrogens is 346 g/mol. The molecular formula is C15H14ClN7O2. The summed E-state index contributed by atoms with van der Waals surface area (Å²) < 4.78 is 3.16. The molecule has 2 N–H and O–H groups in total. The minimum atomic E-state index is -1.03. The number of carboxylic acid groups (broad SMARTS) is 1. The first-order valence-corrected chi connectivity index (χ1v) is 7.24. The van der Waals surface area contributed by atoms with Crippen molar-refractivity contribution in [1.29, 1.82) is 0 Å². The SMILES string of the molecule is CC1=C(C(=O)O)C(c2ccccc2-n2cccn2)n2nnnc2N1.Cl. The van der Waals surface area contributed by atoms with E-state index in [0.717, 1.165) is 11.3 Å². The van der Waals surface area contributed by atoms with Crippen molar-refractivity contribution in [2.45, 2.75) is 13.0 Å². The van der Waals surface area contributed by atoms with Crippen molar-refractivity contribution in [3.63, 3.8) is 0 Å². The standard InChI is InChI=1S/C15H13N7O2.ClH/c1-9-12(14(23)24)13(22-15(17-9)18-19-20-22)10-5-2-3-6-11(10)21-8-4-7-16-21;/h2-8,13H,1H3,(H,23,24)(H,17,18,20);1H. The molecule has 0 bridgehead atoms. The Hall–Kier alpha value is -3.20. The molecule has 10 heteroatoms. The Labute approximate surface area is 148 Å². The van der Waals surface area contributed by atoms with Gasteiger partial charge in [0, 0.05) is 23.7 Å². The van der Waals surface area contributed by atoms with Crippen LogP contribution in [0.2, 0.25) is 0 Å². The molecule has 0 amide bonds. The van der Waals surface area contributed by atoms with Crippen LogP contribution in [0, 0.1) is 0 Å². The highest BCUT2D eigenvalue weighted by atomic mass is 35.5. The second-order valence-corrected chi connectivity index (χ2v) is 5.33. The van der Waals surface area contributed by atoms with Crippen molar-refractivity contribution in [1.82, 2.24) is 30.0 Å². The lowest BCUT2D eigenvalue weighted by atomic mass is 9.94. The maximum absolute atomic E-state index is 11.9. The van der Waals surface area contributed by atoms with E-state index in [9.17, 15) is 9.90 Å². The number of nitrogens with zero attached hydrogens (tertiary/aromatic N) is 6. The van der Waals surface area contributed by atoms with Crippen LogP contribution in [0.25, 0.3) is 5.69 Å². The van der Waals surface area contributed by atoms with Gasteiger partial charge in [0.15, 0.2) is 0 Å². The molecule has 1 unspecified atom stereocenters. The van der Waals surface area contributed by atoms with Crippen LogP contribution in [-0.2, 0) is 4.79 Å². The van der Waals surface area contributed by atoms with Crippen molar-refractivity contribution in [3.05, 3.63) is 59.6 Å². The molecule has 2 aromatic heterocycles. The Kier molecular flexibility index (Phi) is 4.24. The van der Waals surface area contributed by atoms with Gasteiger partial charge in [-0.3, -0.25) is 0 Å². The zero-order valence-electron chi connectivity index (χ0n) is 13.1. The highest BCUT2D eigenvalue weighted by Gasteiger charge is 2.35. The maximum Gasteiger partial charge on any atom is 0.335 e. The topological polar surface area (TPSA) is 111 Å². The van der Waals surface area contributed by atoms with E-state index in [2.05, 4.69) is 25.9 Å². The number of carbonyl (C=O) groups is 1. The molecule has 0 saturated heterocycles. The molecule has 0 spiro atoms. The molecule has 1 aliphatic heterocycles. The van der Waals surface area contributed by atoms with E-state index in [-0.39, 0.29) is 18.0 Å². The van der Waals surface area contributed by atoms with E-state index >= 15 is 0 Å². The number of para-hydroxylation sites is 1. The van der Waals surface area contributed by atoms with Gasteiger partial charge in [-0.2, -0.15) is 9.78 Å². The average molecular weight is 360 g/mol. The predicted octanol–water partition coefficient (Wildman–Crippen LogP) is 1.65. The fraction of sp³-hybridized carbons (Fsp3) is 0.133. The zero-order chi connectivity index (χ0) is 16.7. The van der Waals surface area contributed by atoms with Gasteiger partial charge in [-0.05, 0) is 29.5 Å². The summed E-state index contributed by atoms with van der Waals surface area (Å²) in [5.41, 5.74) is 2.20. The van der Waals surface area contributed by atoms with Gasteiger partial charge in [0.05, 0.1) is 11.3 Å². The molecule has 0 saturated carbocycles. The average Bonchev–Trinajstić information content (AvgIpc) is 3.24. The number of halogens is 1. The van der Waals surface area contributed by atoms with Crippen molar-refractivity contribution in [2.75, 3.05) is 5.32 Å². The van der Waals surface area contributed by atoms with Gasteiger partial charge in [-0.15, -0.1) is 12.4 Å². The third kappa shape index (κ3) is 2.64. The van der Waals surface area contributed by atoms with E-state index in [1.54, 1.807) is 30.1 Å². The lowest BCUT2D eigenvalue weighted by Gasteiger charge is -2.27. The predicted molar refractivity (Wildman–Crippen MR) is 90.7 cm³/mol. The molecule has 25 heavy (non-hydrogen) atoms. The third-order valence-electron chi connectivity index (χ3n) is 3.93. The second-order valence-electron chi connectivity index (χ2n) is 5.33. The van der Waals surface area contributed by atoms with Crippen LogP contribution >= 0.6 is 12.4 Å². The summed E-state index contributed by atoms with van der Waals surface area (Å²) in [5, 5.41) is 28.4. The Morgan fingerprint density at radius 1 is 1.28 bits per heavy atom. The van der Waals surface area contributed by atoms with Gasteiger partial charge < -0.3 is 10.4 Å². The van der Waals surface area contributed by atoms with E-state index in [1.165, 1.54) is 4.68 Å². The summed E-state index contributed by atoms with van der Waals surface area (Å²) in [6, 6.07) is 8.61. The van der Waals surface area contributed by atoms with Gasteiger partial charge in [0.1, 0.15) is 6.04 Å². The van der Waals surface area contributed by atoms with Crippen LogP contribution in [-0.4, -0.2) is 41.1 Å². The van der Waals surface area contributed by atoms with E-state index in [4.69, 9.17) is 0 Å². The fourth-order valence-corrected chi connectivity index (χ4v) is 2.92. The summed E-state index contributed by atoms with van der Waals surface area (Å²) in [6.45, 7) is 1.70. The zero-order valence-corrected chi connectivity index (χ0v) is 13.9. The van der Waals surface area contributed by atoms with Gasteiger partial charge in [0.25, 0.3) is 0 Å². The Morgan fingerprint density at radius 2 is 2.08 bits per heavy atom. The normalized spacial score (nSPS) is 16.0. The number of tetrazole rings is 1. The van der Waals surface area contributed by atoms with Crippen LogP contribution in [0.15, 0.2) is 54.0 Å². The number of carboxylic acids is 1. The van der Waals surface area contributed by atoms with Gasteiger partial charge in [0.2, 0.25) is 5.95 Å². The number of allylic oxidation sites excluding steroid dienone is 1. The minimum Gasteiger partial charge on any atom is -0.478 e. The lowest BCUT2D eigenvalue weighted by molar-refractivity contribution is -0.133. The molecule has 9 nitrogen and oxygen atoms in total. The molecule has 3 heterocycles. The van der Waals surface area contributed by atoms with Gasteiger partial charge in [-0.1, -0.05) is 23.3 Å². The van der Waals surface area contributed by atoms with Crippen LogP contribution in [0.5, 0.6) is 0 Å². The van der Waals surface area contributed by atoms with E-state index < -0.39 is 12.0 Å². The summed E-state index contributed by atoms with van der Waals surface area (Å²) in [4.78, 5) is 11.9. The number of rotatable bonds is 3. The van der Waals surface area contributed by atoms with Crippen LogP contribution in [0.4, 0.5) is 5.95 Å². The van der Waals surface area contributed by atoms with Gasteiger partial charge >= 0.3 is 5.97 Å². The van der Waals surface area contributed by atoms with E-state index in [0.29, 0.717) is 11.6 Å². The molecule has 1 atom stereocenters. The number of hydrogen-bond donors (Lipinski definition) is 2. The van der Waals surface area contributed by atoms with E-state index in [1.807, 2.05) is 24.3 Å². The fourth-order valence-electron chi connectivity index (χ4n) is 2.92. The highest BCUT2D eigenvalue weighted by molar-refractivity contribution is 5.91. The third-order valence-corrected chi connectivity index (χ3v) is 3.93. The molecule has 0 fully saturated rings. The molecule has 3 aromatic rings. The smallest absolute Gasteiger partial charge is 0.335 e. The van der Waals surface area contributed by atoms with Crippen LogP contribution in [0.3, 0.4) is 0 Å². The van der Waals surface area contributed by atoms with Crippen molar-refractivity contribution in [3.8, 4) is 5.69 Å². The van der Waals surface area contributed by atoms with Crippen LogP contribution in [0.1, 0.15) is 18.5 Å². The quantitative estimate of drug-likeness (QED) is 0.731. The van der Waals surface area contributed by atoms with Gasteiger partial charge in [-0.25, -0.2) is 9.48 Å². The first-order chi connectivity index (χ1) is 11.7. The monoisotopic (exact) mass is 359 g/mol. The van der Waals surface area contributed by atoms with Crippen molar-refractivity contribution in [2.24, 2.45) is 0 Å². The molecule has 1 aromatic carbocycles. The van der Waals surface area contributed by atoms with Crippen molar-refractivity contribution < 1.29 is 9.90 Å². The Morgan fingerprint density at radius 3 is 2.80 bits per heavy atom. The number of nitrogens with one attached hydrogen (secondary N) is 1. The summed E-state index contributed by atoms with van der Waals surface area (Å²) >= 11 is 0. The Bertz CT molecular complexity index is 948. The number of aromatic nitrogens is 6. The summed E-state index contributed by atoms with van der Waals surface area (Å²) in [7, 11) is 0. The molecule has 128 valence electrons. The molecule has 0 aliphatic carbocycles. The minimum absolute atomic E-state index is 0. The summed E-state index contributed by atoms with van der Waals surface area (Å²) in [5.74, 6) is -0.626. The molecule has 0 radical (unpaired) electrons. The maximum atomic E-state index is 11.9. The first kappa shape index (κ1) is 16.7. The Balaban J connectivity index is 0.00000182. The number of aliphatic carboxylic acids is 1. The highest BCUT2D eigenvalue weighted by Crippen LogP contribution is 2.36. The largest absolute Gasteiger partial charge is 0.478 e. The molecule has 4 rings (SSSR count). The molecule has 1 aliphatic rings. The number of benzene rings is 1. The number of hydrogen-bond acceptors (Lipinski definition) is 6. The second kappa shape index (κ2) is 6.36. The number of fused-ring (bicyclic) bond motifs is 1. The first-order valence-electron chi connectivity index (χ1n) is 7.24. The van der Waals surface area contributed by atoms with Crippen molar-refractivity contribution >= 4 is 24.3 Å². The van der Waals surface area contributed by atoms with Crippen LogP contribution < -0.4 is 5.32 Å². The number of anilines is 1. The lowest BCUT2D eigenvalue weighted by Crippen LogP contribution is -2.29.